The van der Waals surface area contributed by atoms with Crippen LogP contribution in [0.2, 0.25) is 0 Å². The van der Waals surface area contributed by atoms with Crippen LogP contribution in [0, 0.1) is 18.3 Å². The zero-order valence-corrected chi connectivity index (χ0v) is 10.0. The lowest BCUT2D eigenvalue weighted by Gasteiger charge is -2.32. The van der Waals surface area contributed by atoms with Gasteiger partial charge in [-0.05, 0) is 34.1 Å². The van der Waals surface area contributed by atoms with Gasteiger partial charge in [0.25, 0.3) is 0 Å². The average Bonchev–Trinajstić information content (AvgIpc) is 2.43. The van der Waals surface area contributed by atoms with Gasteiger partial charge in [-0.25, -0.2) is 0 Å². The summed E-state index contributed by atoms with van der Waals surface area (Å²) in [6.45, 7) is 8.56. The number of hydrogen-bond donors (Lipinski definition) is 1. The van der Waals surface area contributed by atoms with Gasteiger partial charge in [0, 0.05) is 18.5 Å². The summed E-state index contributed by atoms with van der Waals surface area (Å²) in [7, 11) is 0. The maximum Gasteiger partial charge on any atom is 0.216 e. The van der Waals surface area contributed by atoms with Crippen molar-refractivity contribution in [3.63, 3.8) is 0 Å². The molecule has 1 aliphatic rings. The van der Waals surface area contributed by atoms with Gasteiger partial charge in [-0.15, -0.1) is 12.3 Å². The standard InChI is InChI=1S/C12H21NO2/c1-6-10-7-9(2)13(8-10)11(14)15-12(3,4)5/h1,9-11,14H,7-8H2,2-5H3. The van der Waals surface area contributed by atoms with Crippen LogP contribution in [-0.4, -0.2) is 34.6 Å². The molecule has 0 amide bonds. The van der Waals surface area contributed by atoms with Crippen molar-refractivity contribution < 1.29 is 9.84 Å². The normalized spacial score (nSPS) is 30.1. The van der Waals surface area contributed by atoms with Crippen molar-refractivity contribution in [2.45, 2.75) is 52.2 Å². The molecule has 1 fully saturated rings. The second kappa shape index (κ2) is 4.52. The molecule has 0 aromatic rings. The van der Waals surface area contributed by atoms with Gasteiger partial charge >= 0.3 is 0 Å². The van der Waals surface area contributed by atoms with E-state index in [1.807, 2.05) is 25.7 Å². The zero-order valence-electron chi connectivity index (χ0n) is 10.0. The number of rotatable bonds is 2. The van der Waals surface area contributed by atoms with E-state index in [1.165, 1.54) is 0 Å². The second-order valence-electron chi connectivity index (χ2n) is 5.20. The second-order valence-corrected chi connectivity index (χ2v) is 5.20. The smallest absolute Gasteiger partial charge is 0.216 e. The van der Waals surface area contributed by atoms with E-state index in [0.29, 0.717) is 0 Å². The fraction of sp³-hybridized carbons (Fsp3) is 0.833. The molecule has 0 aromatic carbocycles. The Morgan fingerprint density at radius 2 is 2.13 bits per heavy atom. The van der Waals surface area contributed by atoms with E-state index < -0.39 is 6.41 Å². The quantitative estimate of drug-likeness (QED) is 0.554. The van der Waals surface area contributed by atoms with Crippen molar-refractivity contribution in [2.75, 3.05) is 6.54 Å². The van der Waals surface area contributed by atoms with Crippen LogP contribution in [0.1, 0.15) is 34.1 Å². The summed E-state index contributed by atoms with van der Waals surface area (Å²) in [5.74, 6) is 2.97. The van der Waals surface area contributed by atoms with E-state index in [4.69, 9.17) is 11.2 Å². The molecule has 3 nitrogen and oxygen atoms in total. The summed E-state index contributed by atoms with van der Waals surface area (Å²) in [5.41, 5.74) is -0.340. The minimum Gasteiger partial charge on any atom is -0.356 e. The predicted octanol–water partition coefficient (Wildman–Crippen LogP) is 1.42. The minimum absolute atomic E-state index is 0.234. The number of ether oxygens (including phenoxy) is 1. The fourth-order valence-corrected chi connectivity index (χ4v) is 1.87. The molecular weight excluding hydrogens is 190 g/mol. The van der Waals surface area contributed by atoms with E-state index in [9.17, 15) is 5.11 Å². The summed E-state index contributed by atoms with van der Waals surface area (Å²) < 4.78 is 5.50. The average molecular weight is 211 g/mol. The topological polar surface area (TPSA) is 32.7 Å². The molecule has 0 saturated carbocycles. The van der Waals surface area contributed by atoms with Crippen molar-refractivity contribution in [2.24, 2.45) is 5.92 Å². The Bertz CT molecular complexity index is 251. The van der Waals surface area contributed by atoms with E-state index in [1.54, 1.807) is 0 Å². The highest BCUT2D eigenvalue weighted by molar-refractivity contribution is 5.00. The van der Waals surface area contributed by atoms with Crippen molar-refractivity contribution in [3.8, 4) is 12.3 Å². The minimum atomic E-state index is -0.849. The maximum atomic E-state index is 9.90. The first-order valence-electron chi connectivity index (χ1n) is 5.41. The largest absolute Gasteiger partial charge is 0.356 e. The van der Waals surface area contributed by atoms with Gasteiger partial charge < -0.3 is 9.84 Å². The lowest BCUT2D eigenvalue weighted by Crippen LogP contribution is -2.43. The van der Waals surface area contributed by atoms with Crippen molar-refractivity contribution in [1.82, 2.24) is 4.90 Å². The molecule has 3 atom stereocenters. The van der Waals surface area contributed by atoms with Crippen molar-refractivity contribution in [1.29, 1.82) is 0 Å². The molecule has 3 unspecified atom stereocenters. The number of nitrogens with zero attached hydrogens (tertiary/aromatic N) is 1. The first kappa shape index (κ1) is 12.5. The summed E-state index contributed by atoms with van der Waals surface area (Å²) in [4.78, 5) is 1.91. The molecule has 15 heavy (non-hydrogen) atoms. The first-order valence-corrected chi connectivity index (χ1v) is 5.41. The molecule has 1 aliphatic heterocycles. The number of hydrogen-bond acceptors (Lipinski definition) is 3. The third kappa shape index (κ3) is 3.49. The summed E-state index contributed by atoms with van der Waals surface area (Å²) in [6.07, 6.45) is 5.47. The third-order valence-corrected chi connectivity index (χ3v) is 2.60. The number of likely N-dealkylation sites (tertiary alicyclic amines) is 1. The molecule has 86 valence electrons. The van der Waals surface area contributed by atoms with Crippen LogP contribution in [0.5, 0.6) is 0 Å². The molecule has 0 spiro atoms. The lowest BCUT2D eigenvalue weighted by atomic mass is 10.1. The van der Waals surface area contributed by atoms with E-state index in [-0.39, 0.29) is 17.6 Å². The lowest BCUT2D eigenvalue weighted by molar-refractivity contribution is -0.241. The molecule has 0 aliphatic carbocycles. The fourth-order valence-electron chi connectivity index (χ4n) is 1.87. The Kier molecular flexibility index (Phi) is 3.77. The van der Waals surface area contributed by atoms with Crippen LogP contribution in [0.15, 0.2) is 0 Å². The monoisotopic (exact) mass is 211 g/mol. The zero-order chi connectivity index (χ0) is 11.6. The van der Waals surface area contributed by atoms with E-state index in [0.717, 1.165) is 13.0 Å². The summed E-state index contributed by atoms with van der Waals surface area (Å²) >= 11 is 0. The number of terminal acetylenes is 1. The molecule has 3 heteroatoms. The van der Waals surface area contributed by atoms with Crippen molar-refractivity contribution in [3.05, 3.63) is 0 Å². The van der Waals surface area contributed by atoms with Gasteiger partial charge in [0.2, 0.25) is 6.41 Å². The number of aliphatic hydroxyl groups is 1. The van der Waals surface area contributed by atoms with Gasteiger partial charge in [0.05, 0.1) is 5.60 Å². The molecule has 0 aromatic heterocycles. The van der Waals surface area contributed by atoms with Crippen molar-refractivity contribution >= 4 is 0 Å². The predicted molar refractivity (Wildman–Crippen MR) is 60.0 cm³/mol. The van der Waals surface area contributed by atoms with Crippen LogP contribution < -0.4 is 0 Å². The molecule has 1 saturated heterocycles. The molecular formula is C12H21NO2. The third-order valence-electron chi connectivity index (χ3n) is 2.60. The van der Waals surface area contributed by atoms with E-state index in [2.05, 4.69) is 12.8 Å². The Morgan fingerprint density at radius 3 is 2.53 bits per heavy atom. The van der Waals surface area contributed by atoms with Gasteiger partial charge in [-0.1, -0.05) is 0 Å². The van der Waals surface area contributed by atoms with Crippen LogP contribution in [0.4, 0.5) is 0 Å². The van der Waals surface area contributed by atoms with Crippen LogP contribution in [0.25, 0.3) is 0 Å². The van der Waals surface area contributed by atoms with Gasteiger partial charge in [-0.2, -0.15) is 0 Å². The summed E-state index contributed by atoms with van der Waals surface area (Å²) in [6, 6.07) is 0.281. The van der Waals surface area contributed by atoms with Gasteiger partial charge in [0.1, 0.15) is 0 Å². The van der Waals surface area contributed by atoms with Crippen LogP contribution in [0.3, 0.4) is 0 Å². The summed E-state index contributed by atoms with van der Waals surface area (Å²) in [5, 5.41) is 9.90. The van der Waals surface area contributed by atoms with Gasteiger partial charge in [0.15, 0.2) is 0 Å². The highest BCUT2D eigenvalue weighted by Gasteiger charge is 2.34. The van der Waals surface area contributed by atoms with E-state index >= 15 is 0 Å². The van der Waals surface area contributed by atoms with Crippen LogP contribution in [-0.2, 0) is 4.74 Å². The maximum absolute atomic E-state index is 9.90. The number of aliphatic hydroxyl groups excluding tert-OH is 1. The molecule has 0 bridgehead atoms. The van der Waals surface area contributed by atoms with Gasteiger partial charge in [-0.3, -0.25) is 4.90 Å². The Labute approximate surface area is 92.4 Å². The highest BCUT2D eigenvalue weighted by atomic mass is 16.6. The highest BCUT2D eigenvalue weighted by Crippen LogP contribution is 2.25. The Balaban J connectivity index is 2.54. The Hall–Kier alpha value is -0.560. The first-order chi connectivity index (χ1) is 6.83. The van der Waals surface area contributed by atoms with Crippen LogP contribution >= 0.6 is 0 Å². The molecule has 0 radical (unpaired) electrons. The molecule has 1 heterocycles. The molecule has 1 N–H and O–H groups in total. The Morgan fingerprint density at radius 1 is 1.53 bits per heavy atom. The molecule has 1 rings (SSSR count). The SMILES string of the molecule is C#CC1CC(C)N(C(O)OC(C)(C)C)C1.